The van der Waals surface area contributed by atoms with E-state index in [9.17, 15) is 0 Å². The maximum Gasteiger partial charge on any atom is 0.125 e. The largest absolute Gasteiger partial charge is 0.385 e. The number of amidine groups is 1. The molecule has 1 unspecified atom stereocenters. The van der Waals surface area contributed by atoms with Crippen LogP contribution in [0.1, 0.15) is 24.5 Å². The molecule has 2 rings (SSSR count). The Balaban J connectivity index is 2.43. The summed E-state index contributed by atoms with van der Waals surface area (Å²) in [5.41, 5.74) is 7.98. The van der Waals surface area contributed by atoms with Gasteiger partial charge in [0.1, 0.15) is 5.84 Å². The summed E-state index contributed by atoms with van der Waals surface area (Å²) in [5.74, 6) is 0.734. The molecule has 0 amide bonds. The van der Waals surface area contributed by atoms with E-state index in [1.165, 1.54) is 0 Å². The number of benzene rings is 1. The summed E-state index contributed by atoms with van der Waals surface area (Å²) in [7, 11) is 0. The molecule has 0 aromatic heterocycles. The van der Waals surface area contributed by atoms with Crippen molar-refractivity contribution in [2.75, 3.05) is 0 Å². The van der Waals surface area contributed by atoms with E-state index in [0.29, 0.717) is 11.4 Å². The Labute approximate surface area is 94.1 Å². The lowest BCUT2D eigenvalue weighted by atomic mass is 9.94. The van der Waals surface area contributed by atoms with Gasteiger partial charge in [-0.05, 0) is 6.07 Å². The van der Waals surface area contributed by atoms with Crippen molar-refractivity contribution in [3.8, 4) is 6.07 Å². The van der Waals surface area contributed by atoms with Gasteiger partial charge in [-0.3, -0.25) is 0 Å². The first-order valence-corrected chi connectivity index (χ1v) is 5.11. The van der Waals surface area contributed by atoms with Gasteiger partial charge in [-0.1, -0.05) is 25.1 Å². The third-order valence-corrected chi connectivity index (χ3v) is 2.65. The zero-order chi connectivity index (χ0) is 11.5. The van der Waals surface area contributed by atoms with Gasteiger partial charge in [-0.25, -0.2) is 0 Å². The molecule has 1 atom stereocenters. The number of nitrogens with two attached hydrogens (primary N) is 1. The van der Waals surface area contributed by atoms with Crippen LogP contribution in [0.2, 0.25) is 0 Å². The standard InChI is InChI=1S/C12H12N4/c1-8-6-11(15-16-12(8)14)10-5-3-2-4-9(10)7-13/h2-5,8H,6H2,1H3,(H2,14,16). The van der Waals surface area contributed by atoms with Gasteiger partial charge in [-0.15, -0.1) is 5.10 Å². The van der Waals surface area contributed by atoms with Crippen LogP contribution >= 0.6 is 0 Å². The summed E-state index contributed by atoms with van der Waals surface area (Å²) in [6.07, 6.45) is 0.730. The maximum atomic E-state index is 9.00. The first-order chi connectivity index (χ1) is 7.72. The van der Waals surface area contributed by atoms with Crippen molar-refractivity contribution in [2.45, 2.75) is 13.3 Å². The molecule has 1 aromatic carbocycles. The van der Waals surface area contributed by atoms with Gasteiger partial charge < -0.3 is 5.73 Å². The van der Waals surface area contributed by atoms with Gasteiger partial charge in [0, 0.05) is 17.9 Å². The molecule has 0 bridgehead atoms. The van der Waals surface area contributed by atoms with Gasteiger partial charge in [0.25, 0.3) is 0 Å². The molecule has 1 heterocycles. The number of nitriles is 1. The van der Waals surface area contributed by atoms with E-state index in [4.69, 9.17) is 11.0 Å². The summed E-state index contributed by atoms with van der Waals surface area (Å²) in [4.78, 5) is 0. The first-order valence-electron chi connectivity index (χ1n) is 5.11. The second-order valence-electron chi connectivity index (χ2n) is 3.83. The van der Waals surface area contributed by atoms with E-state index >= 15 is 0 Å². The Morgan fingerprint density at radius 2 is 2.12 bits per heavy atom. The number of nitrogens with zero attached hydrogens (tertiary/aromatic N) is 3. The van der Waals surface area contributed by atoms with Crippen molar-refractivity contribution in [2.24, 2.45) is 21.9 Å². The molecule has 2 N–H and O–H groups in total. The molecule has 0 radical (unpaired) electrons. The first kappa shape index (κ1) is 10.4. The molecule has 0 spiro atoms. The van der Waals surface area contributed by atoms with Crippen LogP contribution in [0, 0.1) is 17.2 Å². The van der Waals surface area contributed by atoms with Crippen molar-refractivity contribution < 1.29 is 0 Å². The highest BCUT2D eigenvalue weighted by Gasteiger charge is 2.18. The summed E-state index contributed by atoms with van der Waals surface area (Å²) >= 11 is 0. The molecule has 1 aromatic rings. The molecular formula is C12H12N4. The van der Waals surface area contributed by atoms with Crippen LogP contribution in [-0.4, -0.2) is 11.5 Å². The summed E-state index contributed by atoms with van der Waals surface area (Å²) in [5, 5.41) is 17.0. The predicted molar refractivity (Wildman–Crippen MR) is 63.1 cm³/mol. The van der Waals surface area contributed by atoms with Crippen LogP contribution < -0.4 is 5.73 Å². The lowest BCUT2D eigenvalue weighted by molar-refractivity contribution is 0.779. The van der Waals surface area contributed by atoms with Crippen LogP contribution in [0.3, 0.4) is 0 Å². The summed E-state index contributed by atoms with van der Waals surface area (Å²) in [6.45, 7) is 2.00. The monoisotopic (exact) mass is 212 g/mol. The molecule has 0 saturated heterocycles. The molecule has 1 aliphatic heterocycles. The van der Waals surface area contributed by atoms with Crippen LogP contribution in [-0.2, 0) is 0 Å². The van der Waals surface area contributed by atoms with Gasteiger partial charge >= 0.3 is 0 Å². The zero-order valence-corrected chi connectivity index (χ0v) is 9.01. The van der Waals surface area contributed by atoms with Crippen molar-refractivity contribution in [3.05, 3.63) is 35.4 Å². The van der Waals surface area contributed by atoms with Crippen molar-refractivity contribution in [3.63, 3.8) is 0 Å². The number of hydrogen-bond donors (Lipinski definition) is 1. The Kier molecular flexibility index (Phi) is 2.69. The van der Waals surface area contributed by atoms with Crippen molar-refractivity contribution >= 4 is 11.5 Å². The molecule has 0 aliphatic carbocycles. The van der Waals surface area contributed by atoms with E-state index in [1.54, 1.807) is 6.07 Å². The van der Waals surface area contributed by atoms with Crippen LogP contribution in [0.5, 0.6) is 0 Å². The van der Waals surface area contributed by atoms with Gasteiger partial charge in [0.2, 0.25) is 0 Å². The van der Waals surface area contributed by atoms with E-state index in [1.807, 2.05) is 25.1 Å². The minimum Gasteiger partial charge on any atom is -0.385 e. The third-order valence-electron chi connectivity index (χ3n) is 2.65. The second kappa shape index (κ2) is 4.15. The molecule has 16 heavy (non-hydrogen) atoms. The van der Waals surface area contributed by atoms with E-state index < -0.39 is 0 Å². The quantitative estimate of drug-likeness (QED) is 0.768. The fourth-order valence-electron chi connectivity index (χ4n) is 1.65. The molecule has 1 aliphatic rings. The molecule has 0 saturated carbocycles. The van der Waals surface area contributed by atoms with E-state index in [2.05, 4.69) is 16.3 Å². The minimum atomic E-state index is 0.180. The highest BCUT2D eigenvalue weighted by atomic mass is 15.2. The highest BCUT2D eigenvalue weighted by Crippen LogP contribution is 2.18. The molecular weight excluding hydrogens is 200 g/mol. The number of rotatable bonds is 1. The lowest BCUT2D eigenvalue weighted by Crippen LogP contribution is -2.27. The van der Waals surface area contributed by atoms with Gasteiger partial charge in [0.05, 0.1) is 17.3 Å². The molecule has 80 valence electrons. The summed E-state index contributed by atoms with van der Waals surface area (Å²) in [6, 6.07) is 9.56. The Morgan fingerprint density at radius 1 is 1.38 bits per heavy atom. The Morgan fingerprint density at radius 3 is 2.81 bits per heavy atom. The van der Waals surface area contributed by atoms with Crippen LogP contribution in [0.25, 0.3) is 0 Å². The average Bonchev–Trinajstić information content (AvgIpc) is 2.32. The SMILES string of the molecule is CC1CC(c2ccccc2C#N)=NN=C1N. The lowest BCUT2D eigenvalue weighted by Gasteiger charge is -2.16. The minimum absolute atomic E-state index is 0.180. The van der Waals surface area contributed by atoms with Crippen molar-refractivity contribution in [1.82, 2.24) is 0 Å². The van der Waals surface area contributed by atoms with E-state index in [0.717, 1.165) is 17.7 Å². The van der Waals surface area contributed by atoms with E-state index in [-0.39, 0.29) is 5.92 Å². The van der Waals surface area contributed by atoms with Crippen LogP contribution in [0.15, 0.2) is 34.5 Å². The van der Waals surface area contributed by atoms with Gasteiger partial charge in [0.15, 0.2) is 0 Å². The average molecular weight is 212 g/mol. The maximum absolute atomic E-state index is 9.00. The molecule has 4 heteroatoms. The zero-order valence-electron chi connectivity index (χ0n) is 9.01. The molecule has 0 fully saturated rings. The van der Waals surface area contributed by atoms with Crippen LogP contribution in [0.4, 0.5) is 0 Å². The normalized spacial score (nSPS) is 19.6. The Hall–Kier alpha value is -2.15. The smallest absolute Gasteiger partial charge is 0.125 e. The fraction of sp³-hybridized carbons (Fsp3) is 0.250. The topological polar surface area (TPSA) is 74.5 Å². The highest BCUT2D eigenvalue weighted by molar-refractivity contribution is 6.06. The second-order valence-corrected chi connectivity index (χ2v) is 3.83. The van der Waals surface area contributed by atoms with Crippen molar-refractivity contribution in [1.29, 1.82) is 5.26 Å². The summed E-state index contributed by atoms with van der Waals surface area (Å²) < 4.78 is 0. The van der Waals surface area contributed by atoms with Gasteiger partial charge in [-0.2, -0.15) is 10.4 Å². The predicted octanol–water partition coefficient (Wildman–Crippen LogP) is 1.66. The Bertz CT molecular complexity index is 508. The third kappa shape index (κ3) is 1.80. The molecule has 4 nitrogen and oxygen atoms in total. The number of hydrogen-bond acceptors (Lipinski definition) is 4. The fourth-order valence-corrected chi connectivity index (χ4v) is 1.65.